The molecule has 19 heavy (non-hydrogen) atoms. The van der Waals surface area contributed by atoms with E-state index in [2.05, 4.69) is 0 Å². The van der Waals surface area contributed by atoms with E-state index < -0.39 is 10.0 Å². The number of benzene rings is 1. The molecule has 0 saturated heterocycles. The van der Waals surface area contributed by atoms with E-state index in [0.29, 0.717) is 24.5 Å². The molecule has 0 amide bonds. The Bertz CT molecular complexity index is 471. The van der Waals surface area contributed by atoms with Crippen molar-refractivity contribution in [2.24, 2.45) is 0 Å². The van der Waals surface area contributed by atoms with Crippen molar-refractivity contribution in [1.82, 2.24) is 0 Å². The van der Waals surface area contributed by atoms with Gasteiger partial charge in [0.2, 0.25) is 10.0 Å². The maximum Gasteiger partial charge on any atom is 0.237 e. The molecular weight excluding hydrogens is 264 g/mol. The number of hydrogen-bond donors (Lipinski definition) is 1. The van der Waals surface area contributed by atoms with Gasteiger partial charge in [0.15, 0.2) is 0 Å². The molecular formula is C13H22N2O3S. The molecule has 0 unspecified atom stereocenters. The van der Waals surface area contributed by atoms with E-state index in [9.17, 15) is 8.42 Å². The lowest BCUT2D eigenvalue weighted by atomic mass is 10.3. The summed E-state index contributed by atoms with van der Waals surface area (Å²) in [5, 5.41) is 0. The molecule has 108 valence electrons. The zero-order valence-electron chi connectivity index (χ0n) is 11.5. The van der Waals surface area contributed by atoms with Crippen LogP contribution in [0.15, 0.2) is 24.3 Å². The van der Waals surface area contributed by atoms with Crippen molar-refractivity contribution in [2.75, 3.05) is 35.6 Å². The number of rotatable bonds is 8. The molecule has 0 aliphatic rings. The van der Waals surface area contributed by atoms with Gasteiger partial charge in [0.1, 0.15) is 0 Å². The molecule has 1 aromatic rings. The van der Waals surface area contributed by atoms with Crippen LogP contribution in [0.1, 0.15) is 20.3 Å². The predicted molar refractivity (Wildman–Crippen MR) is 78.8 cm³/mol. The number of sulfonamides is 1. The molecule has 0 fully saturated rings. The highest BCUT2D eigenvalue weighted by Gasteiger charge is 2.21. The Morgan fingerprint density at radius 3 is 2.37 bits per heavy atom. The maximum absolute atomic E-state index is 12.3. The van der Waals surface area contributed by atoms with Gasteiger partial charge < -0.3 is 10.5 Å². The maximum atomic E-state index is 12.3. The number of nitrogens with two attached hydrogens (primary N) is 1. The second-order valence-corrected chi connectivity index (χ2v) is 6.19. The first kappa shape index (κ1) is 15.8. The average molecular weight is 286 g/mol. The first-order valence-corrected chi connectivity index (χ1v) is 8.06. The number of anilines is 2. The Balaban J connectivity index is 2.89. The fraction of sp³-hybridized carbons (Fsp3) is 0.538. The Labute approximate surface area is 115 Å². The highest BCUT2D eigenvalue weighted by atomic mass is 32.2. The smallest absolute Gasteiger partial charge is 0.237 e. The van der Waals surface area contributed by atoms with Crippen LogP contribution in [-0.4, -0.2) is 33.9 Å². The second-order valence-electron chi connectivity index (χ2n) is 4.18. The quantitative estimate of drug-likeness (QED) is 0.585. The molecule has 0 radical (unpaired) electrons. The molecule has 1 rings (SSSR count). The largest absolute Gasteiger partial charge is 0.399 e. The molecule has 1 aromatic carbocycles. The number of ether oxygens (including phenoxy) is 1. The number of nitrogens with zero attached hydrogens (tertiary/aromatic N) is 1. The van der Waals surface area contributed by atoms with Crippen LogP contribution in [0.25, 0.3) is 0 Å². The van der Waals surface area contributed by atoms with Crippen LogP contribution in [0.2, 0.25) is 0 Å². The van der Waals surface area contributed by atoms with Crippen LogP contribution >= 0.6 is 0 Å². The van der Waals surface area contributed by atoms with Gasteiger partial charge in [0, 0.05) is 18.8 Å². The molecule has 0 aliphatic carbocycles. The van der Waals surface area contributed by atoms with E-state index in [0.717, 1.165) is 6.42 Å². The minimum Gasteiger partial charge on any atom is -0.399 e. The van der Waals surface area contributed by atoms with Crippen molar-refractivity contribution in [3.8, 4) is 0 Å². The monoisotopic (exact) mass is 286 g/mol. The molecule has 0 saturated carbocycles. The Morgan fingerprint density at radius 1 is 1.21 bits per heavy atom. The SMILES string of the molecule is CCCN(c1ccc(N)cc1)S(=O)(=O)CCOCC. The standard InChI is InChI=1S/C13H22N2O3S/c1-3-9-15(13-7-5-12(14)6-8-13)19(16,17)11-10-18-4-2/h5-8H,3-4,9-11,14H2,1-2H3. The molecule has 0 spiro atoms. The van der Waals surface area contributed by atoms with E-state index in [4.69, 9.17) is 10.5 Å². The molecule has 0 aromatic heterocycles. The summed E-state index contributed by atoms with van der Waals surface area (Å²) in [4.78, 5) is 0. The van der Waals surface area contributed by atoms with Crippen molar-refractivity contribution >= 4 is 21.4 Å². The average Bonchev–Trinajstić information content (AvgIpc) is 2.37. The molecule has 6 heteroatoms. The third-order valence-corrected chi connectivity index (χ3v) is 4.38. The highest BCUT2D eigenvalue weighted by Crippen LogP contribution is 2.20. The molecule has 0 heterocycles. The van der Waals surface area contributed by atoms with E-state index in [1.54, 1.807) is 24.3 Å². The first-order chi connectivity index (χ1) is 9.01. The summed E-state index contributed by atoms with van der Waals surface area (Å²) in [7, 11) is -3.36. The van der Waals surface area contributed by atoms with E-state index in [1.165, 1.54) is 4.31 Å². The number of nitrogen functional groups attached to an aromatic ring is 1. The van der Waals surface area contributed by atoms with Crippen LogP contribution < -0.4 is 10.0 Å². The molecule has 0 atom stereocenters. The normalized spacial score (nSPS) is 11.5. The summed E-state index contributed by atoms with van der Waals surface area (Å²) < 4.78 is 31.1. The Hall–Kier alpha value is -1.27. The lowest BCUT2D eigenvalue weighted by Crippen LogP contribution is -2.35. The zero-order valence-corrected chi connectivity index (χ0v) is 12.3. The van der Waals surface area contributed by atoms with Crippen molar-refractivity contribution in [2.45, 2.75) is 20.3 Å². The fourth-order valence-electron chi connectivity index (χ4n) is 1.69. The van der Waals surface area contributed by atoms with Crippen LogP contribution in [0.3, 0.4) is 0 Å². The van der Waals surface area contributed by atoms with E-state index >= 15 is 0 Å². The molecule has 0 bridgehead atoms. The van der Waals surface area contributed by atoms with Crippen LogP contribution in [0, 0.1) is 0 Å². The van der Waals surface area contributed by atoms with Crippen molar-refractivity contribution in [1.29, 1.82) is 0 Å². The van der Waals surface area contributed by atoms with Crippen LogP contribution in [0.4, 0.5) is 11.4 Å². The first-order valence-electron chi connectivity index (χ1n) is 6.45. The summed E-state index contributed by atoms with van der Waals surface area (Å²) in [6, 6.07) is 6.86. The predicted octanol–water partition coefficient (Wildman–Crippen LogP) is 1.85. The topological polar surface area (TPSA) is 72.6 Å². The summed E-state index contributed by atoms with van der Waals surface area (Å²) in [5.74, 6) is -0.00871. The van der Waals surface area contributed by atoms with Gasteiger partial charge in [0.25, 0.3) is 0 Å². The van der Waals surface area contributed by atoms with E-state index in [1.807, 2.05) is 13.8 Å². The summed E-state index contributed by atoms with van der Waals surface area (Å²) in [5.41, 5.74) is 6.88. The minimum absolute atomic E-state index is 0.00871. The number of hydrogen-bond acceptors (Lipinski definition) is 4. The van der Waals surface area contributed by atoms with Gasteiger partial charge in [-0.25, -0.2) is 8.42 Å². The van der Waals surface area contributed by atoms with Crippen LogP contribution in [0.5, 0.6) is 0 Å². The van der Waals surface area contributed by atoms with Gasteiger partial charge in [-0.2, -0.15) is 0 Å². The summed E-state index contributed by atoms with van der Waals surface area (Å²) in [6.07, 6.45) is 0.748. The minimum atomic E-state index is -3.36. The molecule has 0 aliphatic heterocycles. The summed E-state index contributed by atoms with van der Waals surface area (Å²) >= 11 is 0. The third kappa shape index (κ3) is 4.72. The van der Waals surface area contributed by atoms with Gasteiger partial charge in [-0.1, -0.05) is 6.92 Å². The third-order valence-electron chi connectivity index (χ3n) is 2.63. The lowest BCUT2D eigenvalue weighted by Gasteiger charge is -2.24. The van der Waals surface area contributed by atoms with Gasteiger partial charge in [0.05, 0.1) is 18.0 Å². The Kier molecular flexibility index (Phi) is 6.11. The molecule has 5 nitrogen and oxygen atoms in total. The van der Waals surface area contributed by atoms with Crippen molar-refractivity contribution in [3.63, 3.8) is 0 Å². The van der Waals surface area contributed by atoms with Crippen molar-refractivity contribution in [3.05, 3.63) is 24.3 Å². The van der Waals surface area contributed by atoms with Crippen LogP contribution in [-0.2, 0) is 14.8 Å². The van der Waals surface area contributed by atoms with Gasteiger partial charge in [-0.05, 0) is 37.6 Å². The summed E-state index contributed by atoms with van der Waals surface area (Å²) in [6.45, 7) is 4.98. The highest BCUT2D eigenvalue weighted by molar-refractivity contribution is 7.92. The van der Waals surface area contributed by atoms with Crippen molar-refractivity contribution < 1.29 is 13.2 Å². The van der Waals surface area contributed by atoms with E-state index in [-0.39, 0.29) is 12.4 Å². The van der Waals surface area contributed by atoms with Gasteiger partial charge >= 0.3 is 0 Å². The van der Waals surface area contributed by atoms with Gasteiger partial charge in [-0.3, -0.25) is 4.31 Å². The van der Waals surface area contributed by atoms with Gasteiger partial charge in [-0.15, -0.1) is 0 Å². The fourth-order valence-corrected chi connectivity index (χ4v) is 3.14. The zero-order chi connectivity index (χ0) is 14.3. The Morgan fingerprint density at radius 2 is 1.84 bits per heavy atom. The lowest BCUT2D eigenvalue weighted by molar-refractivity contribution is 0.163. The molecule has 2 N–H and O–H groups in total. The second kappa shape index (κ2) is 7.35.